The Morgan fingerprint density at radius 2 is 2.00 bits per heavy atom. The summed E-state index contributed by atoms with van der Waals surface area (Å²) in [6.45, 7) is 9.06. The quantitative estimate of drug-likeness (QED) is 0.866. The predicted molar refractivity (Wildman–Crippen MR) is 91.5 cm³/mol. The second-order valence-corrected chi connectivity index (χ2v) is 6.85. The number of fused-ring (bicyclic) bond motifs is 1. The SMILES string of the molecule is Cc1ccc(N2CCc3c(CN(C)C)nn(C(C)C)c3C2)nn1. The first-order valence-electron chi connectivity index (χ1n) is 8.25. The number of rotatable bonds is 4. The third kappa shape index (κ3) is 3.22. The fourth-order valence-corrected chi connectivity index (χ4v) is 3.13. The predicted octanol–water partition coefficient (Wildman–Crippen LogP) is 2.19. The molecule has 124 valence electrons. The van der Waals surface area contributed by atoms with Gasteiger partial charge < -0.3 is 9.80 Å². The molecule has 0 atom stereocenters. The topological polar surface area (TPSA) is 50.1 Å². The van der Waals surface area contributed by atoms with Gasteiger partial charge in [0.15, 0.2) is 5.82 Å². The summed E-state index contributed by atoms with van der Waals surface area (Å²) < 4.78 is 2.18. The Morgan fingerprint density at radius 1 is 1.22 bits per heavy atom. The molecule has 0 amide bonds. The van der Waals surface area contributed by atoms with E-state index in [0.29, 0.717) is 6.04 Å². The molecule has 0 radical (unpaired) electrons. The molecule has 6 nitrogen and oxygen atoms in total. The Labute approximate surface area is 138 Å². The van der Waals surface area contributed by atoms with E-state index in [9.17, 15) is 0 Å². The second-order valence-electron chi connectivity index (χ2n) is 6.85. The van der Waals surface area contributed by atoms with Crippen LogP contribution in [-0.4, -0.2) is 45.5 Å². The van der Waals surface area contributed by atoms with E-state index < -0.39 is 0 Å². The highest BCUT2D eigenvalue weighted by Gasteiger charge is 2.26. The highest BCUT2D eigenvalue weighted by molar-refractivity contribution is 5.43. The number of aromatic nitrogens is 4. The molecule has 0 saturated carbocycles. The van der Waals surface area contributed by atoms with Crippen molar-refractivity contribution in [3.63, 3.8) is 0 Å². The van der Waals surface area contributed by atoms with Gasteiger partial charge in [0.05, 0.1) is 23.6 Å². The van der Waals surface area contributed by atoms with Gasteiger partial charge in [-0.05, 0) is 53.4 Å². The number of anilines is 1. The fourth-order valence-electron chi connectivity index (χ4n) is 3.13. The number of hydrogen-bond acceptors (Lipinski definition) is 5. The Kier molecular flexibility index (Phi) is 4.35. The van der Waals surface area contributed by atoms with Crippen LogP contribution in [0.4, 0.5) is 5.82 Å². The van der Waals surface area contributed by atoms with Gasteiger partial charge in [-0.3, -0.25) is 4.68 Å². The van der Waals surface area contributed by atoms with E-state index in [2.05, 4.69) is 58.7 Å². The van der Waals surface area contributed by atoms with Crippen LogP contribution < -0.4 is 4.90 Å². The minimum Gasteiger partial charge on any atom is -0.349 e. The highest BCUT2D eigenvalue weighted by atomic mass is 15.3. The number of hydrogen-bond donors (Lipinski definition) is 0. The first-order chi connectivity index (χ1) is 11.0. The molecular weight excluding hydrogens is 288 g/mol. The van der Waals surface area contributed by atoms with Gasteiger partial charge in [-0.1, -0.05) is 0 Å². The lowest BCUT2D eigenvalue weighted by Crippen LogP contribution is -2.32. The summed E-state index contributed by atoms with van der Waals surface area (Å²) in [7, 11) is 4.19. The first kappa shape index (κ1) is 15.9. The van der Waals surface area contributed by atoms with E-state index in [1.54, 1.807) is 0 Å². The zero-order chi connectivity index (χ0) is 16.6. The van der Waals surface area contributed by atoms with E-state index in [-0.39, 0.29) is 0 Å². The van der Waals surface area contributed by atoms with Crippen molar-refractivity contribution in [1.82, 2.24) is 24.9 Å². The second kappa shape index (κ2) is 6.28. The van der Waals surface area contributed by atoms with Gasteiger partial charge in [0.2, 0.25) is 0 Å². The van der Waals surface area contributed by atoms with Crippen molar-refractivity contribution >= 4 is 5.82 Å². The summed E-state index contributed by atoms with van der Waals surface area (Å²) in [6, 6.07) is 4.45. The summed E-state index contributed by atoms with van der Waals surface area (Å²) in [5.41, 5.74) is 4.91. The average Bonchev–Trinajstić information content (AvgIpc) is 2.85. The standard InChI is InChI=1S/C17H26N6/c1-12(2)23-16-11-22(17-7-6-13(3)18-19-17)9-8-14(16)15(20-23)10-21(4)5/h6-7,12H,8-11H2,1-5H3. The fraction of sp³-hybridized carbons (Fsp3) is 0.588. The maximum atomic E-state index is 4.89. The van der Waals surface area contributed by atoms with Crippen molar-refractivity contribution in [3.05, 3.63) is 34.8 Å². The van der Waals surface area contributed by atoms with E-state index in [1.165, 1.54) is 17.0 Å². The van der Waals surface area contributed by atoms with Crippen LogP contribution in [0.5, 0.6) is 0 Å². The van der Waals surface area contributed by atoms with Crippen molar-refractivity contribution in [1.29, 1.82) is 0 Å². The highest BCUT2D eigenvalue weighted by Crippen LogP contribution is 2.27. The van der Waals surface area contributed by atoms with Crippen molar-refractivity contribution in [2.24, 2.45) is 0 Å². The Morgan fingerprint density at radius 3 is 2.61 bits per heavy atom. The van der Waals surface area contributed by atoms with Gasteiger partial charge in [-0.2, -0.15) is 10.2 Å². The van der Waals surface area contributed by atoms with Crippen LogP contribution in [0.3, 0.4) is 0 Å². The largest absolute Gasteiger partial charge is 0.349 e. The van der Waals surface area contributed by atoms with Gasteiger partial charge >= 0.3 is 0 Å². The zero-order valence-corrected chi connectivity index (χ0v) is 14.7. The van der Waals surface area contributed by atoms with E-state index in [4.69, 9.17) is 5.10 Å². The molecule has 1 aliphatic heterocycles. The van der Waals surface area contributed by atoms with Crippen LogP contribution in [0.15, 0.2) is 12.1 Å². The lowest BCUT2D eigenvalue weighted by Gasteiger charge is -2.29. The molecule has 0 aliphatic carbocycles. The molecular formula is C17H26N6. The third-order valence-electron chi connectivity index (χ3n) is 4.24. The van der Waals surface area contributed by atoms with Crippen LogP contribution in [-0.2, 0) is 19.5 Å². The maximum Gasteiger partial charge on any atom is 0.151 e. The van der Waals surface area contributed by atoms with Crippen molar-refractivity contribution in [3.8, 4) is 0 Å². The summed E-state index contributed by atoms with van der Waals surface area (Å²) in [4.78, 5) is 4.49. The van der Waals surface area contributed by atoms with E-state index in [1.807, 2.05) is 13.0 Å². The van der Waals surface area contributed by atoms with Crippen LogP contribution in [0.2, 0.25) is 0 Å². The molecule has 3 heterocycles. The molecule has 6 heteroatoms. The van der Waals surface area contributed by atoms with Gasteiger partial charge in [-0.15, -0.1) is 5.10 Å². The van der Waals surface area contributed by atoms with Crippen LogP contribution in [0.1, 0.15) is 42.5 Å². The van der Waals surface area contributed by atoms with Crippen molar-refractivity contribution in [2.45, 2.75) is 46.3 Å². The van der Waals surface area contributed by atoms with Crippen LogP contribution >= 0.6 is 0 Å². The van der Waals surface area contributed by atoms with Gasteiger partial charge in [0.1, 0.15) is 0 Å². The molecule has 0 saturated heterocycles. The molecule has 0 fully saturated rings. The molecule has 1 aliphatic rings. The Bertz CT molecular complexity index is 671. The molecule has 2 aromatic rings. The van der Waals surface area contributed by atoms with Crippen molar-refractivity contribution in [2.75, 3.05) is 25.5 Å². The molecule has 0 bridgehead atoms. The van der Waals surface area contributed by atoms with Crippen molar-refractivity contribution < 1.29 is 0 Å². The minimum absolute atomic E-state index is 0.365. The third-order valence-corrected chi connectivity index (χ3v) is 4.24. The zero-order valence-electron chi connectivity index (χ0n) is 14.7. The van der Waals surface area contributed by atoms with Gasteiger partial charge in [0.25, 0.3) is 0 Å². The summed E-state index contributed by atoms with van der Waals surface area (Å²) in [5.74, 6) is 0.951. The number of nitrogens with zero attached hydrogens (tertiary/aromatic N) is 6. The Hall–Kier alpha value is -1.95. The van der Waals surface area contributed by atoms with Crippen LogP contribution in [0.25, 0.3) is 0 Å². The molecule has 0 spiro atoms. The molecule has 2 aromatic heterocycles. The normalized spacial score (nSPS) is 14.7. The maximum absolute atomic E-state index is 4.89. The van der Waals surface area contributed by atoms with E-state index >= 15 is 0 Å². The molecule has 23 heavy (non-hydrogen) atoms. The van der Waals surface area contributed by atoms with Gasteiger partial charge in [0, 0.05) is 24.7 Å². The van der Waals surface area contributed by atoms with Gasteiger partial charge in [-0.25, -0.2) is 0 Å². The summed E-state index contributed by atoms with van der Waals surface area (Å²) in [5, 5.41) is 13.4. The molecule has 3 rings (SSSR count). The smallest absolute Gasteiger partial charge is 0.151 e. The molecule has 0 aromatic carbocycles. The molecule has 0 unspecified atom stereocenters. The summed E-state index contributed by atoms with van der Waals surface area (Å²) in [6.07, 6.45) is 1.01. The van der Waals surface area contributed by atoms with Crippen LogP contribution in [0, 0.1) is 6.92 Å². The minimum atomic E-state index is 0.365. The lowest BCUT2D eigenvalue weighted by atomic mass is 10.0. The first-order valence-corrected chi connectivity index (χ1v) is 8.25. The average molecular weight is 314 g/mol. The monoisotopic (exact) mass is 314 g/mol. The van der Waals surface area contributed by atoms with E-state index in [0.717, 1.165) is 37.6 Å². The number of aryl methyl sites for hydroxylation is 1. The lowest BCUT2D eigenvalue weighted by molar-refractivity contribution is 0.390. The molecule has 0 N–H and O–H groups in total. The Balaban J connectivity index is 1.92. The summed E-state index contributed by atoms with van der Waals surface area (Å²) >= 11 is 0.